The fourth-order valence-electron chi connectivity index (χ4n) is 6.16. The van der Waals surface area contributed by atoms with Crippen LogP contribution in [0.4, 0.5) is 4.79 Å². The molecule has 64 heavy (non-hydrogen) atoms. The molecule has 9 N–H and O–H groups in total. The van der Waals surface area contributed by atoms with E-state index >= 15 is 0 Å². The number of Topliss-reactive ketones (excluding diaryl/α,β-unsaturated/α-hetero) is 1. The van der Waals surface area contributed by atoms with E-state index in [0.29, 0.717) is 11.3 Å². The number of nitrogens with zero attached hydrogens (tertiary/aromatic N) is 2. The minimum absolute atomic E-state index is 0.0466. The average molecular weight is 926 g/mol. The topological polar surface area (TPSA) is 345 Å². The van der Waals surface area contributed by atoms with Crippen molar-refractivity contribution in [1.29, 1.82) is 0 Å². The van der Waals surface area contributed by atoms with Gasteiger partial charge in [0.2, 0.25) is 23.6 Å². The van der Waals surface area contributed by atoms with Gasteiger partial charge in [-0.1, -0.05) is 30.3 Å². The average Bonchev–Trinajstić information content (AvgIpc) is 3.23. The molecule has 7 atom stereocenters. The molecule has 0 heterocycles. The van der Waals surface area contributed by atoms with Crippen LogP contribution < -0.4 is 26.6 Å². The number of hydrogen-bond acceptors (Lipinski definition) is 14. The standard InChI is InChI=1S/C40H59N7O16S/c1-23(21-64-5)46(3)37(57)30(19-34(53)54)47(4)36(56)29(41-2)20-42-35(55)25(17-24-9-7-6-8-10-24)18-26(49)11-12-27(38(58)59)43-31(50)14-13-28(39(60)61)44-40(62)45-32(63-22-48)15-16-33(51)52/h6-10,22-23,25,27-30,32,41H,11-21H2,1-5H3,(H,42,55)(H,43,50)(H,51,52)(H,53,54)(H,58,59)(H,60,61)(H2,44,45,62)/t23-,25-,27+,28+,29+,30+,32-/m1/s1. The number of hydrogen-bond donors (Lipinski definition) is 9. The molecule has 23 nitrogen and oxygen atoms in total. The first-order valence-corrected chi connectivity index (χ1v) is 21.4. The Balaban J connectivity index is 3.01. The third kappa shape index (κ3) is 20.7. The summed E-state index contributed by atoms with van der Waals surface area (Å²) in [6, 6.07) is 1.45. The van der Waals surface area contributed by atoms with E-state index in [4.69, 9.17) is 5.11 Å². The van der Waals surface area contributed by atoms with Crippen molar-refractivity contribution in [2.75, 3.05) is 39.7 Å². The van der Waals surface area contributed by atoms with E-state index in [2.05, 4.69) is 26.0 Å². The first-order valence-electron chi connectivity index (χ1n) is 20.0. The fraction of sp³-hybridized carbons (Fsp3) is 0.575. The maximum absolute atomic E-state index is 13.7. The van der Waals surface area contributed by atoms with Gasteiger partial charge in [-0.15, -0.1) is 0 Å². The van der Waals surface area contributed by atoms with E-state index in [1.54, 1.807) is 37.3 Å². The van der Waals surface area contributed by atoms with Crippen molar-refractivity contribution in [2.45, 2.75) is 101 Å². The number of carboxylic acid groups (broad SMARTS) is 4. The van der Waals surface area contributed by atoms with Gasteiger partial charge in [-0.05, 0) is 45.1 Å². The second-order valence-corrected chi connectivity index (χ2v) is 15.6. The van der Waals surface area contributed by atoms with Crippen LogP contribution in [0.1, 0.15) is 63.9 Å². The number of likely N-dealkylation sites (N-methyl/N-ethyl adjacent to an activating group) is 3. The van der Waals surface area contributed by atoms with Crippen molar-refractivity contribution >= 4 is 77.6 Å². The summed E-state index contributed by atoms with van der Waals surface area (Å²) >= 11 is 1.49. The van der Waals surface area contributed by atoms with Crippen LogP contribution in [-0.2, 0) is 59.1 Å². The molecule has 0 aromatic heterocycles. The van der Waals surface area contributed by atoms with Gasteiger partial charge in [0.05, 0.1) is 12.8 Å². The Bertz CT molecular complexity index is 1790. The Morgan fingerprint density at radius 1 is 0.750 bits per heavy atom. The number of aliphatic carboxylic acids is 4. The van der Waals surface area contributed by atoms with E-state index in [1.807, 2.05) is 11.6 Å². The molecule has 1 rings (SSSR count). The fourth-order valence-corrected chi connectivity index (χ4v) is 6.86. The Kier molecular flexibility index (Phi) is 25.4. The molecule has 0 fully saturated rings. The zero-order valence-electron chi connectivity index (χ0n) is 36.3. The van der Waals surface area contributed by atoms with Gasteiger partial charge in [0.15, 0.2) is 6.23 Å². The molecule has 0 spiro atoms. The molecule has 356 valence electrons. The molecule has 0 saturated heterocycles. The lowest BCUT2D eigenvalue weighted by atomic mass is 9.91. The van der Waals surface area contributed by atoms with Crippen molar-refractivity contribution in [3.05, 3.63) is 35.9 Å². The normalized spacial score (nSPS) is 14.1. The van der Waals surface area contributed by atoms with Crippen LogP contribution in [0.3, 0.4) is 0 Å². The first-order chi connectivity index (χ1) is 30.1. The lowest BCUT2D eigenvalue weighted by Gasteiger charge is -2.34. The number of rotatable bonds is 32. The predicted molar refractivity (Wildman–Crippen MR) is 227 cm³/mol. The van der Waals surface area contributed by atoms with Crippen LogP contribution in [0.15, 0.2) is 30.3 Å². The highest BCUT2D eigenvalue weighted by atomic mass is 32.2. The summed E-state index contributed by atoms with van der Waals surface area (Å²) in [5, 5.41) is 49.5. The second-order valence-electron chi connectivity index (χ2n) is 14.7. The van der Waals surface area contributed by atoms with Crippen molar-refractivity contribution in [1.82, 2.24) is 36.4 Å². The van der Waals surface area contributed by atoms with Gasteiger partial charge in [0.25, 0.3) is 6.47 Å². The number of benzene rings is 1. The van der Waals surface area contributed by atoms with Crippen LogP contribution in [0, 0.1) is 5.92 Å². The molecular formula is C40H59N7O16S. The van der Waals surface area contributed by atoms with Crippen molar-refractivity contribution in [2.24, 2.45) is 5.92 Å². The maximum atomic E-state index is 13.7. The molecule has 0 unspecified atom stereocenters. The summed E-state index contributed by atoms with van der Waals surface area (Å²) < 4.78 is 4.58. The Morgan fingerprint density at radius 2 is 1.36 bits per heavy atom. The molecule has 24 heteroatoms. The molecule has 6 amide bonds. The van der Waals surface area contributed by atoms with E-state index < -0.39 is 134 Å². The number of urea groups is 1. The van der Waals surface area contributed by atoms with E-state index in [9.17, 15) is 68.1 Å². The summed E-state index contributed by atoms with van der Waals surface area (Å²) in [5.41, 5.74) is 0.681. The molecule has 0 bridgehead atoms. The van der Waals surface area contributed by atoms with Gasteiger partial charge in [-0.2, -0.15) is 11.8 Å². The zero-order valence-corrected chi connectivity index (χ0v) is 37.1. The summed E-state index contributed by atoms with van der Waals surface area (Å²) in [5.74, 6) is -9.49. The minimum Gasteiger partial charge on any atom is -0.481 e. The summed E-state index contributed by atoms with van der Waals surface area (Å²) in [6.07, 6.45) is -3.32. The Labute approximate surface area is 373 Å². The van der Waals surface area contributed by atoms with Gasteiger partial charge >= 0.3 is 29.9 Å². The quantitative estimate of drug-likeness (QED) is 0.0318. The van der Waals surface area contributed by atoms with Crippen molar-refractivity contribution in [3.8, 4) is 0 Å². The van der Waals surface area contributed by atoms with E-state index in [1.165, 1.54) is 37.8 Å². The number of ether oxygens (including phenoxy) is 1. The SMILES string of the molecule is CN[C@@H](CNC(=O)[C@@H](CC(=O)CC[C@H](NC(=O)CC[C@H](NC(=O)N[C@@H](CCC(=O)O)OC=O)C(=O)O)C(=O)O)Cc1ccccc1)C(=O)N(C)[C@@H](CC(=O)O)C(=O)N(C)[C@H](C)CSC. The molecule has 0 radical (unpaired) electrons. The van der Waals surface area contributed by atoms with Crippen LogP contribution >= 0.6 is 11.8 Å². The monoisotopic (exact) mass is 925 g/mol. The molecule has 0 aliphatic heterocycles. The number of carbonyl (C=O) groups excluding carboxylic acids is 7. The number of nitrogens with one attached hydrogen (secondary N) is 5. The van der Waals surface area contributed by atoms with Gasteiger partial charge in [0, 0.05) is 64.0 Å². The summed E-state index contributed by atoms with van der Waals surface area (Å²) in [6.45, 7) is 1.42. The maximum Gasteiger partial charge on any atom is 0.326 e. The molecule has 0 aliphatic rings. The molecule has 0 aliphatic carbocycles. The lowest BCUT2D eigenvalue weighted by Crippen LogP contribution is -2.57. The number of ketones is 1. The predicted octanol–water partition coefficient (Wildman–Crippen LogP) is -0.734. The third-order valence-electron chi connectivity index (χ3n) is 9.92. The largest absolute Gasteiger partial charge is 0.481 e. The van der Waals surface area contributed by atoms with E-state index in [-0.39, 0.29) is 38.3 Å². The minimum atomic E-state index is -1.69. The van der Waals surface area contributed by atoms with Gasteiger partial charge in [-0.25, -0.2) is 14.4 Å². The van der Waals surface area contributed by atoms with Gasteiger partial charge in [-0.3, -0.25) is 38.4 Å². The number of carboxylic acids is 4. The third-order valence-corrected chi connectivity index (χ3v) is 10.7. The molecule has 0 saturated carbocycles. The van der Waals surface area contributed by atoms with Crippen molar-refractivity contribution in [3.63, 3.8) is 0 Å². The second kappa shape index (κ2) is 29.1. The smallest absolute Gasteiger partial charge is 0.326 e. The van der Waals surface area contributed by atoms with E-state index in [0.717, 1.165) is 4.90 Å². The summed E-state index contributed by atoms with van der Waals surface area (Å²) in [7, 11) is 4.25. The Hall–Kier alpha value is -6.30. The first kappa shape index (κ1) is 55.7. The van der Waals surface area contributed by atoms with Gasteiger partial charge < -0.3 is 61.5 Å². The van der Waals surface area contributed by atoms with Gasteiger partial charge in [0.1, 0.15) is 30.0 Å². The molecule has 1 aromatic carbocycles. The Morgan fingerprint density at radius 3 is 1.91 bits per heavy atom. The molecule has 1 aromatic rings. The van der Waals surface area contributed by atoms with Crippen LogP contribution in [0.25, 0.3) is 0 Å². The molecular weight excluding hydrogens is 867 g/mol. The van der Waals surface area contributed by atoms with Crippen LogP contribution in [-0.4, -0.2) is 172 Å². The van der Waals surface area contributed by atoms with Crippen molar-refractivity contribution < 1.29 is 77.9 Å². The highest BCUT2D eigenvalue weighted by molar-refractivity contribution is 7.98. The summed E-state index contributed by atoms with van der Waals surface area (Å²) in [4.78, 5) is 138. The number of carbonyl (C=O) groups is 11. The highest BCUT2D eigenvalue weighted by Gasteiger charge is 2.36. The number of amides is 6. The lowest BCUT2D eigenvalue weighted by molar-refractivity contribution is -0.150. The zero-order chi connectivity index (χ0) is 48.5. The van der Waals surface area contributed by atoms with Crippen LogP contribution in [0.2, 0.25) is 0 Å². The van der Waals surface area contributed by atoms with Crippen LogP contribution in [0.5, 0.6) is 0 Å². The highest BCUT2D eigenvalue weighted by Crippen LogP contribution is 2.17. The number of thioether (sulfide) groups is 1.